The molecule has 0 N–H and O–H groups in total. The number of hydrogen-bond acceptors (Lipinski definition) is 2. The van der Waals surface area contributed by atoms with E-state index < -0.39 is 4.92 Å². The molecule has 1 aromatic heterocycles. The number of hydrogen-bond donors (Lipinski definition) is 0. The smallest absolute Gasteiger partial charge is 0.276 e. The predicted octanol–water partition coefficient (Wildman–Crippen LogP) is -1.43. The molecular formula is C9H9Cl2N3O2. The van der Waals surface area contributed by atoms with Crippen LogP contribution in [0.5, 0.6) is 0 Å². The average molecular weight is 262 g/mol. The second-order valence-corrected chi connectivity index (χ2v) is 3.65. The monoisotopic (exact) mass is 261 g/mol. The minimum Gasteiger partial charge on any atom is -1.00 e. The van der Waals surface area contributed by atoms with Gasteiger partial charge in [0.2, 0.25) is 5.52 Å². The SMILES string of the molecule is Cn1c(Cl)c2ccc([N+](=O)[O-])cc2[n+]1C.[Cl-]. The Labute approximate surface area is 103 Å². The van der Waals surface area contributed by atoms with E-state index in [1.807, 2.05) is 0 Å². The number of benzene rings is 1. The molecule has 0 fully saturated rings. The highest BCUT2D eigenvalue weighted by Crippen LogP contribution is 2.24. The normalized spacial score (nSPS) is 10.2. The van der Waals surface area contributed by atoms with Gasteiger partial charge in [0.25, 0.3) is 5.69 Å². The highest BCUT2D eigenvalue weighted by molar-refractivity contribution is 6.34. The van der Waals surface area contributed by atoms with Crippen molar-refractivity contribution in [2.45, 2.75) is 0 Å². The first-order valence-electron chi connectivity index (χ1n) is 4.31. The maximum Gasteiger partial charge on any atom is 0.276 e. The van der Waals surface area contributed by atoms with Crippen LogP contribution >= 0.6 is 11.6 Å². The Morgan fingerprint density at radius 2 is 2.12 bits per heavy atom. The lowest BCUT2D eigenvalue weighted by molar-refractivity contribution is -0.727. The van der Waals surface area contributed by atoms with Crippen molar-refractivity contribution in [1.29, 1.82) is 0 Å². The predicted molar refractivity (Wildman–Crippen MR) is 55.8 cm³/mol. The largest absolute Gasteiger partial charge is 1.00 e. The quantitative estimate of drug-likeness (QED) is 0.359. The summed E-state index contributed by atoms with van der Waals surface area (Å²) in [6.07, 6.45) is 0. The summed E-state index contributed by atoms with van der Waals surface area (Å²) in [5, 5.41) is 12.0. The summed E-state index contributed by atoms with van der Waals surface area (Å²) in [6, 6.07) is 4.63. The molecule has 0 unspecified atom stereocenters. The van der Waals surface area contributed by atoms with Crippen LogP contribution in [0.3, 0.4) is 0 Å². The second kappa shape index (κ2) is 4.27. The Hall–Kier alpha value is -1.33. The van der Waals surface area contributed by atoms with Crippen LogP contribution in [0.25, 0.3) is 10.9 Å². The lowest BCUT2D eigenvalue weighted by Gasteiger charge is -1.89. The Balaban J connectivity index is 0.00000128. The van der Waals surface area contributed by atoms with E-state index in [2.05, 4.69) is 0 Å². The summed E-state index contributed by atoms with van der Waals surface area (Å²) in [4.78, 5) is 10.2. The fourth-order valence-electron chi connectivity index (χ4n) is 1.54. The fraction of sp³-hybridized carbons (Fsp3) is 0.222. The maximum absolute atomic E-state index is 10.6. The number of halogens is 2. The number of aromatic nitrogens is 2. The van der Waals surface area contributed by atoms with Crippen LogP contribution in [0.15, 0.2) is 18.2 Å². The van der Waals surface area contributed by atoms with E-state index in [1.165, 1.54) is 12.1 Å². The van der Waals surface area contributed by atoms with Crippen LogP contribution in [0.1, 0.15) is 0 Å². The zero-order valence-corrected chi connectivity index (χ0v) is 10.2. The molecule has 86 valence electrons. The molecule has 1 heterocycles. The van der Waals surface area contributed by atoms with Gasteiger partial charge in [-0.3, -0.25) is 10.1 Å². The zero-order chi connectivity index (χ0) is 11.2. The van der Waals surface area contributed by atoms with Crippen LogP contribution in [0.2, 0.25) is 5.15 Å². The molecule has 0 saturated carbocycles. The zero-order valence-electron chi connectivity index (χ0n) is 8.65. The number of aryl methyl sites for hydroxylation is 1. The standard InChI is InChI=1S/C9H9ClN3O2.ClH/c1-11-8-5-6(13(14)15)3-4-7(8)9(10)12(11)2;/h3-5H,1-2H3;1H/q+1;/p-1. The Bertz CT molecular complexity index is 565. The van der Waals surface area contributed by atoms with Crippen molar-refractivity contribution in [1.82, 2.24) is 4.68 Å². The van der Waals surface area contributed by atoms with Crippen LogP contribution in [0.4, 0.5) is 5.69 Å². The van der Waals surface area contributed by atoms with Gasteiger partial charge < -0.3 is 12.4 Å². The Morgan fingerprint density at radius 3 is 2.69 bits per heavy atom. The molecule has 2 rings (SSSR count). The first kappa shape index (κ1) is 12.7. The number of non-ortho nitro benzene ring substituents is 1. The van der Waals surface area contributed by atoms with Gasteiger partial charge in [-0.05, 0) is 6.07 Å². The van der Waals surface area contributed by atoms with Crippen molar-refractivity contribution in [3.63, 3.8) is 0 Å². The van der Waals surface area contributed by atoms with Gasteiger partial charge in [0.15, 0.2) is 12.2 Å². The third kappa shape index (κ3) is 1.72. The van der Waals surface area contributed by atoms with Crippen molar-refractivity contribution in [3.8, 4) is 0 Å². The molecule has 7 heteroatoms. The third-order valence-electron chi connectivity index (χ3n) is 2.50. The first-order valence-corrected chi connectivity index (χ1v) is 4.69. The van der Waals surface area contributed by atoms with Gasteiger partial charge in [0, 0.05) is 6.07 Å². The van der Waals surface area contributed by atoms with Crippen LogP contribution < -0.4 is 17.1 Å². The maximum atomic E-state index is 10.6. The van der Waals surface area contributed by atoms with E-state index in [9.17, 15) is 10.1 Å². The van der Waals surface area contributed by atoms with Gasteiger partial charge in [-0.25, -0.2) is 0 Å². The number of nitrogens with zero attached hydrogens (tertiary/aromatic N) is 3. The third-order valence-corrected chi connectivity index (χ3v) is 2.95. The van der Waals surface area contributed by atoms with Gasteiger partial charge in [0.05, 0.1) is 23.4 Å². The van der Waals surface area contributed by atoms with Crippen LogP contribution in [-0.4, -0.2) is 9.61 Å². The fourth-order valence-corrected chi connectivity index (χ4v) is 1.82. The molecule has 0 aliphatic rings. The number of fused-ring (bicyclic) bond motifs is 1. The molecule has 0 aliphatic heterocycles. The molecule has 0 radical (unpaired) electrons. The molecule has 16 heavy (non-hydrogen) atoms. The van der Waals surface area contributed by atoms with E-state index in [0.29, 0.717) is 5.15 Å². The van der Waals surface area contributed by atoms with Crippen molar-refractivity contribution in [2.24, 2.45) is 14.1 Å². The summed E-state index contributed by atoms with van der Waals surface area (Å²) in [7, 11) is 3.60. The van der Waals surface area contributed by atoms with Crippen LogP contribution in [-0.2, 0) is 14.1 Å². The average Bonchev–Trinajstić information content (AvgIpc) is 2.44. The summed E-state index contributed by atoms with van der Waals surface area (Å²) in [5.41, 5.74) is 0.817. The van der Waals surface area contributed by atoms with Crippen molar-refractivity contribution < 1.29 is 22.0 Å². The number of nitro groups is 1. The molecule has 2 aromatic rings. The molecule has 0 aliphatic carbocycles. The lowest BCUT2D eigenvalue weighted by atomic mass is 10.2. The van der Waals surface area contributed by atoms with E-state index in [4.69, 9.17) is 11.6 Å². The summed E-state index contributed by atoms with van der Waals surface area (Å²) >= 11 is 6.05. The van der Waals surface area contributed by atoms with Gasteiger partial charge >= 0.3 is 0 Å². The highest BCUT2D eigenvalue weighted by Gasteiger charge is 2.20. The van der Waals surface area contributed by atoms with Gasteiger partial charge in [0.1, 0.15) is 0 Å². The molecule has 0 bridgehead atoms. The Kier molecular flexibility index (Phi) is 3.40. The van der Waals surface area contributed by atoms with E-state index in [-0.39, 0.29) is 18.1 Å². The second-order valence-electron chi connectivity index (χ2n) is 3.30. The van der Waals surface area contributed by atoms with Gasteiger partial charge in [-0.15, -0.1) is 9.36 Å². The van der Waals surface area contributed by atoms with E-state index >= 15 is 0 Å². The minimum atomic E-state index is -0.416. The minimum absolute atomic E-state index is 0. The lowest BCUT2D eigenvalue weighted by Crippen LogP contribution is -3.00. The van der Waals surface area contributed by atoms with E-state index in [1.54, 1.807) is 29.5 Å². The molecular weight excluding hydrogens is 253 g/mol. The van der Waals surface area contributed by atoms with Crippen molar-refractivity contribution in [3.05, 3.63) is 33.5 Å². The highest BCUT2D eigenvalue weighted by atomic mass is 35.5. The Morgan fingerprint density at radius 1 is 1.50 bits per heavy atom. The van der Waals surface area contributed by atoms with Crippen molar-refractivity contribution in [2.75, 3.05) is 0 Å². The molecule has 0 saturated heterocycles. The summed E-state index contributed by atoms with van der Waals surface area (Å²) < 4.78 is 3.50. The summed E-state index contributed by atoms with van der Waals surface area (Å²) in [6.45, 7) is 0. The molecule has 5 nitrogen and oxygen atoms in total. The first-order chi connectivity index (χ1) is 7.02. The van der Waals surface area contributed by atoms with E-state index in [0.717, 1.165) is 10.9 Å². The van der Waals surface area contributed by atoms with Crippen molar-refractivity contribution >= 4 is 28.2 Å². The number of rotatable bonds is 1. The van der Waals surface area contributed by atoms with Crippen LogP contribution in [0, 0.1) is 10.1 Å². The van der Waals surface area contributed by atoms with Gasteiger partial charge in [-0.2, -0.15) is 0 Å². The summed E-state index contributed by atoms with van der Waals surface area (Å²) in [5.74, 6) is 0. The van der Waals surface area contributed by atoms with Gasteiger partial charge in [-0.1, -0.05) is 11.6 Å². The molecule has 0 spiro atoms. The molecule has 0 amide bonds. The molecule has 1 aromatic carbocycles. The topological polar surface area (TPSA) is 51.9 Å². The molecule has 0 atom stereocenters. The number of nitro benzene ring substituents is 1.